The molecule has 0 aliphatic rings. The number of hydrogen-bond acceptors (Lipinski definition) is 6. The van der Waals surface area contributed by atoms with Gasteiger partial charge in [-0.05, 0) is 31.1 Å². The molecule has 0 aromatic carbocycles. The maximum absolute atomic E-state index is 12.7. The molecule has 1 atom stereocenters. The minimum Gasteiger partial charge on any atom is -0.462 e. The van der Waals surface area contributed by atoms with Crippen molar-refractivity contribution in [2.45, 2.75) is 291 Å². The molecule has 0 radical (unpaired) electrons. The Kier molecular flexibility index (Phi) is 43.7. The third kappa shape index (κ3) is 45.5. The number of hydrogen-bond donors (Lipinski definition) is 0. The van der Waals surface area contributed by atoms with Crippen LogP contribution in [0.15, 0.2) is 0 Å². The van der Waals surface area contributed by atoms with Crippen LogP contribution in [0, 0.1) is 11.8 Å². The summed E-state index contributed by atoms with van der Waals surface area (Å²) in [7, 11) is 0. The highest BCUT2D eigenvalue weighted by Crippen LogP contribution is 2.17. The Balaban J connectivity index is 4.09. The third-order valence-electron chi connectivity index (χ3n) is 11.7. The van der Waals surface area contributed by atoms with Crippen LogP contribution >= 0.6 is 0 Å². The van der Waals surface area contributed by atoms with Crippen LogP contribution < -0.4 is 0 Å². The van der Waals surface area contributed by atoms with Crippen molar-refractivity contribution >= 4 is 17.9 Å². The van der Waals surface area contributed by atoms with Crippen LogP contribution in [0.4, 0.5) is 0 Å². The third-order valence-corrected chi connectivity index (χ3v) is 11.7. The van der Waals surface area contributed by atoms with Gasteiger partial charge in [-0.3, -0.25) is 14.4 Å². The van der Waals surface area contributed by atoms with Crippen molar-refractivity contribution in [3.63, 3.8) is 0 Å². The van der Waals surface area contributed by atoms with Crippen molar-refractivity contribution in [1.82, 2.24) is 0 Å². The second-order valence-corrected chi connectivity index (χ2v) is 18.8. The highest BCUT2D eigenvalue weighted by molar-refractivity contribution is 5.71. The van der Waals surface area contributed by atoms with Crippen molar-refractivity contribution in [3.8, 4) is 0 Å². The molecule has 0 rings (SSSR count). The summed E-state index contributed by atoms with van der Waals surface area (Å²) in [5.41, 5.74) is 0. The van der Waals surface area contributed by atoms with Crippen molar-refractivity contribution in [1.29, 1.82) is 0 Å². The fourth-order valence-corrected chi connectivity index (χ4v) is 7.81. The van der Waals surface area contributed by atoms with Crippen molar-refractivity contribution in [2.24, 2.45) is 11.8 Å². The molecule has 0 saturated carbocycles. The fraction of sp³-hybridized carbons (Fsp3) is 0.942. The van der Waals surface area contributed by atoms with Crippen molar-refractivity contribution < 1.29 is 28.6 Å². The van der Waals surface area contributed by atoms with Gasteiger partial charge in [0, 0.05) is 19.3 Å². The van der Waals surface area contributed by atoms with Crippen LogP contribution in [0.3, 0.4) is 0 Å². The Bertz CT molecular complexity index is 885. The maximum atomic E-state index is 12.7. The number of ether oxygens (including phenoxy) is 3. The number of carbonyl (C=O) groups is 3. The smallest absolute Gasteiger partial charge is 0.306 e. The first-order chi connectivity index (χ1) is 28.2. The summed E-state index contributed by atoms with van der Waals surface area (Å²) in [6.07, 6.45) is 45.5. The molecule has 6 heteroatoms. The Hall–Kier alpha value is -1.59. The number of rotatable bonds is 46. The molecular formula is C52H100O6. The van der Waals surface area contributed by atoms with E-state index < -0.39 is 6.10 Å². The number of unbranched alkanes of at least 4 members (excludes halogenated alkanes) is 31. The van der Waals surface area contributed by atoms with E-state index in [1.807, 2.05) is 0 Å². The van der Waals surface area contributed by atoms with Crippen molar-refractivity contribution in [3.05, 3.63) is 0 Å². The van der Waals surface area contributed by atoms with E-state index in [9.17, 15) is 14.4 Å². The van der Waals surface area contributed by atoms with Gasteiger partial charge in [0.05, 0.1) is 0 Å². The first-order valence-electron chi connectivity index (χ1n) is 25.7. The molecule has 0 heterocycles. The van der Waals surface area contributed by atoms with E-state index in [4.69, 9.17) is 14.2 Å². The second-order valence-electron chi connectivity index (χ2n) is 18.8. The predicted octanol–water partition coefficient (Wildman–Crippen LogP) is 16.5. The topological polar surface area (TPSA) is 78.9 Å². The predicted molar refractivity (Wildman–Crippen MR) is 247 cm³/mol. The lowest BCUT2D eigenvalue weighted by Crippen LogP contribution is -2.30. The lowest BCUT2D eigenvalue weighted by Gasteiger charge is -2.18. The van der Waals surface area contributed by atoms with Crippen molar-refractivity contribution in [2.75, 3.05) is 13.2 Å². The van der Waals surface area contributed by atoms with Gasteiger partial charge in [0.25, 0.3) is 0 Å². The largest absolute Gasteiger partial charge is 0.462 e. The van der Waals surface area contributed by atoms with Crippen LogP contribution in [0.25, 0.3) is 0 Å². The van der Waals surface area contributed by atoms with E-state index >= 15 is 0 Å². The first-order valence-corrected chi connectivity index (χ1v) is 25.7. The zero-order valence-electron chi connectivity index (χ0n) is 39.7. The molecular weight excluding hydrogens is 721 g/mol. The molecule has 0 aliphatic heterocycles. The van der Waals surface area contributed by atoms with Gasteiger partial charge in [-0.15, -0.1) is 0 Å². The first kappa shape index (κ1) is 56.4. The molecule has 0 aromatic rings. The van der Waals surface area contributed by atoms with Gasteiger partial charge in [0.15, 0.2) is 6.10 Å². The Morgan fingerprint density at radius 2 is 0.569 bits per heavy atom. The average molecular weight is 821 g/mol. The highest BCUT2D eigenvalue weighted by atomic mass is 16.6. The summed E-state index contributed by atoms with van der Waals surface area (Å²) >= 11 is 0. The molecule has 0 fully saturated rings. The van der Waals surface area contributed by atoms with Gasteiger partial charge < -0.3 is 14.2 Å². The van der Waals surface area contributed by atoms with Gasteiger partial charge in [-0.25, -0.2) is 0 Å². The average Bonchev–Trinajstić information content (AvgIpc) is 3.19. The molecule has 0 N–H and O–H groups in total. The zero-order valence-corrected chi connectivity index (χ0v) is 39.7. The van der Waals surface area contributed by atoms with E-state index in [1.165, 1.54) is 167 Å². The molecule has 6 nitrogen and oxygen atoms in total. The summed E-state index contributed by atoms with van der Waals surface area (Å²) in [6, 6.07) is 0. The van der Waals surface area contributed by atoms with E-state index in [-0.39, 0.29) is 31.1 Å². The summed E-state index contributed by atoms with van der Waals surface area (Å²) in [5.74, 6) is 0.829. The monoisotopic (exact) mass is 821 g/mol. The van der Waals surface area contributed by atoms with E-state index in [0.717, 1.165) is 76.0 Å². The summed E-state index contributed by atoms with van der Waals surface area (Å²) in [5, 5.41) is 0. The van der Waals surface area contributed by atoms with E-state index in [0.29, 0.717) is 19.3 Å². The maximum Gasteiger partial charge on any atom is 0.306 e. The van der Waals surface area contributed by atoms with Crippen LogP contribution in [-0.2, 0) is 28.6 Å². The summed E-state index contributed by atoms with van der Waals surface area (Å²) < 4.78 is 16.7. The fourth-order valence-electron chi connectivity index (χ4n) is 7.81. The molecule has 0 aliphatic carbocycles. The quantitative estimate of drug-likeness (QED) is 0.0346. The molecule has 0 unspecified atom stereocenters. The molecule has 0 bridgehead atoms. The molecule has 58 heavy (non-hydrogen) atoms. The minimum absolute atomic E-state index is 0.0646. The van der Waals surface area contributed by atoms with Gasteiger partial charge >= 0.3 is 17.9 Å². The molecule has 344 valence electrons. The highest BCUT2D eigenvalue weighted by Gasteiger charge is 2.19. The number of esters is 3. The van der Waals surface area contributed by atoms with Gasteiger partial charge in [-0.1, -0.05) is 247 Å². The summed E-state index contributed by atoms with van der Waals surface area (Å²) in [6.45, 7) is 11.3. The lowest BCUT2D eigenvalue weighted by molar-refractivity contribution is -0.167. The van der Waals surface area contributed by atoms with Crippen LogP contribution in [0.1, 0.15) is 285 Å². The standard InChI is InChI=1S/C52H100O6/c1-6-7-8-30-37-42-50(53)56-45-49(58-52(55)44-39-34-29-25-21-17-13-15-19-23-27-32-36-41-48(4)5)46-57-51(54)43-38-33-28-24-20-16-12-10-9-11-14-18-22-26-31-35-40-47(2)3/h47-49H,6-46H2,1-5H3/t49-/m1/s1. The van der Waals surface area contributed by atoms with Crippen LogP contribution in [0.5, 0.6) is 0 Å². The van der Waals surface area contributed by atoms with E-state index in [2.05, 4.69) is 34.6 Å². The Morgan fingerprint density at radius 3 is 0.845 bits per heavy atom. The van der Waals surface area contributed by atoms with Crippen LogP contribution in [0.2, 0.25) is 0 Å². The normalized spacial score (nSPS) is 12.1. The SMILES string of the molecule is CCCCCCCC(=O)OC[C@H](COC(=O)CCCCCCCCCCCCCCCCCCC(C)C)OC(=O)CCCCCCCCCCCCCCCC(C)C. The van der Waals surface area contributed by atoms with E-state index in [1.54, 1.807) is 0 Å². The van der Waals surface area contributed by atoms with Gasteiger partial charge in [-0.2, -0.15) is 0 Å². The molecule has 0 saturated heterocycles. The van der Waals surface area contributed by atoms with Gasteiger partial charge in [0.1, 0.15) is 13.2 Å². The summed E-state index contributed by atoms with van der Waals surface area (Å²) in [4.78, 5) is 37.6. The number of carbonyl (C=O) groups excluding carboxylic acids is 3. The molecule has 0 spiro atoms. The minimum atomic E-state index is -0.759. The molecule has 0 aromatic heterocycles. The Labute approximate surface area is 361 Å². The Morgan fingerprint density at radius 1 is 0.328 bits per heavy atom. The zero-order chi connectivity index (χ0) is 42.6. The van der Waals surface area contributed by atoms with Crippen LogP contribution in [-0.4, -0.2) is 37.2 Å². The second kappa shape index (κ2) is 44.9. The van der Waals surface area contributed by atoms with Gasteiger partial charge in [0.2, 0.25) is 0 Å². The molecule has 0 amide bonds. The lowest BCUT2D eigenvalue weighted by atomic mass is 10.0.